The molecule has 7 heteroatoms. The number of alkyl carbamates (subject to hydrolysis) is 1. The second-order valence-corrected chi connectivity index (χ2v) is 5.52. The summed E-state index contributed by atoms with van der Waals surface area (Å²) < 4.78 is 5.04. The molecule has 0 saturated heterocycles. The van der Waals surface area contributed by atoms with E-state index in [2.05, 4.69) is 5.32 Å². The number of carbonyl (C=O) groups excluding carboxylic acids is 1. The number of carbonyl (C=O) groups is 2. The lowest BCUT2D eigenvalue weighted by atomic mass is 10.1. The molecule has 1 rings (SSSR count). The Morgan fingerprint density at radius 1 is 1.23 bits per heavy atom. The molecule has 0 atom stereocenters. The highest BCUT2D eigenvalue weighted by Gasteiger charge is 2.15. The molecule has 22 heavy (non-hydrogen) atoms. The summed E-state index contributed by atoms with van der Waals surface area (Å²) in [4.78, 5) is 22.3. The van der Waals surface area contributed by atoms with Crippen LogP contribution in [0.3, 0.4) is 0 Å². The van der Waals surface area contributed by atoms with E-state index in [4.69, 9.17) is 9.84 Å². The standard InChI is InChI=1S/C15H19NO6/c1-15(2,3)22-14(21)16-6-4-5-9-7-10(13(19)20)12(18)8-11(9)17/h4-5,7-8,17-18H,6H2,1-3H3,(H,16,21)(H,19,20). The fraction of sp³-hybridized carbons (Fsp3) is 0.333. The fourth-order valence-corrected chi connectivity index (χ4v) is 1.54. The lowest BCUT2D eigenvalue weighted by molar-refractivity contribution is 0.0533. The van der Waals surface area contributed by atoms with E-state index in [-0.39, 0.29) is 23.4 Å². The number of hydrogen-bond acceptors (Lipinski definition) is 5. The summed E-state index contributed by atoms with van der Waals surface area (Å²) in [6, 6.07) is 2.08. The number of phenolic OH excluding ortho intramolecular Hbond substituents is 1. The first kappa shape index (κ1) is 17.4. The molecular weight excluding hydrogens is 290 g/mol. The van der Waals surface area contributed by atoms with Crippen LogP contribution in [0.15, 0.2) is 18.2 Å². The molecule has 0 aromatic heterocycles. The number of phenols is 2. The molecule has 0 spiro atoms. The van der Waals surface area contributed by atoms with Gasteiger partial charge in [-0.2, -0.15) is 0 Å². The van der Waals surface area contributed by atoms with E-state index in [1.165, 1.54) is 12.2 Å². The van der Waals surface area contributed by atoms with E-state index in [0.717, 1.165) is 12.1 Å². The SMILES string of the molecule is CC(C)(C)OC(=O)NCC=Cc1cc(C(=O)O)c(O)cc1O. The number of ether oxygens (including phenoxy) is 1. The van der Waals surface area contributed by atoms with Gasteiger partial charge in [0.2, 0.25) is 0 Å². The molecule has 0 aliphatic rings. The maximum Gasteiger partial charge on any atom is 0.407 e. The molecule has 1 aromatic carbocycles. The number of carboxylic acids is 1. The Morgan fingerprint density at radius 3 is 2.41 bits per heavy atom. The van der Waals surface area contributed by atoms with Crippen molar-refractivity contribution in [2.24, 2.45) is 0 Å². The van der Waals surface area contributed by atoms with Crippen molar-refractivity contribution in [3.63, 3.8) is 0 Å². The Morgan fingerprint density at radius 2 is 1.86 bits per heavy atom. The molecule has 0 aliphatic carbocycles. The Kier molecular flexibility index (Phi) is 5.39. The van der Waals surface area contributed by atoms with Crippen molar-refractivity contribution in [1.82, 2.24) is 5.32 Å². The Labute approximate surface area is 127 Å². The van der Waals surface area contributed by atoms with Crippen LogP contribution in [0.2, 0.25) is 0 Å². The summed E-state index contributed by atoms with van der Waals surface area (Å²) >= 11 is 0. The van der Waals surface area contributed by atoms with Gasteiger partial charge < -0.3 is 25.4 Å². The highest BCUT2D eigenvalue weighted by Crippen LogP contribution is 2.28. The number of carboxylic acid groups (broad SMARTS) is 1. The largest absolute Gasteiger partial charge is 0.507 e. The average Bonchev–Trinajstić information content (AvgIpc) is 2.33. The van der Waals surface area contributed by atoms with Gasteiger partial charge in [0.25, 0.3) is 0 Å². The zero-order valence-corrected chi connectivity index (χ0v) is 12.6. The Bertz CT molecular complexity index is 601. The zero-order chi connectivity index (χ0) is 16.9. The van der Waals surface area contributed by atoms with Gasteiger partial charge in [-0.3, -0.25) is 0 Å². The minimum Gasteiger partial charge on any atom is -0.507 e. The minimum absolute atomic E-state index is 0.137. The molecule has 4 N–H and O–H groups in total. The molecule has 0 radical (unpaired) electrons. The van der Waals surface area contributed by atoms with Crippen molar-refractivity contribution in [3.05, 3.63) is 29.3 Å². The monoisotopic (exact) mass is 309 g/mol. The third-order valence-electron chi connectivity index (χ3n) is 2.44. The molecule has 0 fully saturated rings. The molecule has 0 saturated carbocycles. The van der Waals surface area contributed by atoms with Crippen molar-refractivity contribution >= 4 is 18.1 Å². The van der Waals surface area contributed by atoms with Crippen LogP contribution >= 0.6 is 0 Å². The summed E-state index contributed by atoms with van der Waals surface area (Å²) in [6.45, 7) is 5.36. The number of rotatable bonds is 4. The second-order valence-electron chi connectivity index (χ2n) is 5.52. The number of amides is 1. The van der Waals surface area contributed by atoms with Crippen molar-refractivity contribution in [1.29, 1.82) is 0 Å². The second kappa shape index (κ2) is 6.84. The van der Waals surface area contributed by atoms with Crippen LogP contribution in [0.5, 0.6) is 11.5 Å². The average molecular weight is 309 g/mol. The van der Waals surface area contributed by atoms with E-state index in [0.29, 0.717) is 0 Å². The van der Waals surface area contributed by atoms with Crippen LogP contribution in [0, 0.1) is 0 Å². The highest BCUT2D eigenvalue weighted by molar-refractivity contribution is 5.92. The van der Waals surface area contributed by atoms with Crippen LogP contribution in [-0.4, -0.2) is 39.5 Å². The summed E-state index contributed by atoms with van der Waals surface area (Å²) in [7, 11) is 0. The quantitative estimate of drug-likeness (QED) is 0.678. The molecule has 1 aromatic rings. The third-order valence-corrected chi connectivity index (χ3v) is 2.44. The fourth-order valence-electron chi connectivity index (χ4n) is 1.54. The number of benzene rings is 1. The number of aromatic carboxylic acids is 1. The molecule has 0 heterocycles. The van der Waals surface area contributed by atoms with Crippen molar-refractivity contribution in [3.8, 4) is 11.5 Å². The smallest absolute Gasteiger partial charge is 0.407 e. The first-order chi connectivity index (χ1) is 10.1. The van der Waals surface area contributed by atoms with Gasteiger partial charge in [0.1, 0.15) is 22.7 Å². The summed E-state index contributed by atoms with van der Waals surface area (Å²) in [5.74, 6) is -2.09. The minimum atomic E-state index is -1.31. The predicted octanol–water partition coefficient (Wildman–Crippen LogP) is 2.33. The van der Waals surface area contributed by atoms with Gasteiger partial charge in [-0.05, 0) is 26.8 Å². The maximum absolute atomic E-state index is 11.4. The predicted molar refractivity (Wildman–Crippen MR) is 80.0 cm³/mol. The molecule has 1 amide bonds. The van der Waals surface area contributed by atoms with Crippen LogP contribution in [0.1, 0.15) is 36.7 Å². The first-order valence-corrected chi connectivity index (χ1v) is 6.53. The van der Waals surface area contributed by atoms with Gasteiger partial charge in [-0.15, -0.1) is 0 Å². The van der Waals surface area contributed by atoms with E-state index in [1.54, 1.807) is 20.8 Å². The topological polar surface area (TPSA) is 116 Å². The van der Waals surface area contributed by atoms with Gasteiger partial charge in [0, 0.05) is 18.2 Å². The van der Waals surface area contributed by atoms with Gasteiger partial charge in [0.15, 0.2) is 0 Å². The lowest BCUT2D eigenvalue weighted by Crippen LogP contribution is -2.32. The summed E-state index contributed by atoms with van der Waals surface area (Å²) in [6.07, 6.45) is 2.36. The zero-order valence-electron chi connectivity index (χ0n) is 12.6. The third kappa shape index (κ3) is 5.35. The number of aromatic hydroxyl groups is 2. The molecule has 120 valence electrons. The van der Waals surface area contributed by atoms with Crippen LogP contribution in [0.4, 0.5) is 4.79 Å². The summed E-state index contributed by atoms with van der Waals surface area (Å²) in [5.41, 5.74) is -0.710. The van der Waals surface area contributed by atoms with Crippen molar-refractivity contribution in [2.45, 2.75) is 26.4 Å². The normalized spacial score (nSPS) is 11.4. The van der Waals surface area contributed by atoms with E-state index < -0.39 is 23.4 Å². The molecule has 0 unspecified atom stereocenters. The summed E-state index contributed by atoms with van der Waals surface area (Å²) in [5, 5.41) is 30.4. The number of hydrogen-bond donors (Lipinski definition) is 4. The van der Waals surface area contributed by atoms with E-state index >= 15 is 0 Å². The molecule has 7 nitrogen and oxygen atoms in total. The van der Waals surface area contributed by atoms with Crippen LogP contribution in [0.25, 0.3) is 6.08 Å². The van der Waals surface area contributed by atoms with Crippen molar-refractivity contribution < 1.29 is 29.6 Å². The van der Waals surface area contributed by atoms with Crippen LogP contribution < -0.4 is 5.32 Å². The molecule has 0 aliphatic heterocycles. The lowest BCUT2D eigenvalue weighted by Gasteiger charge is -2.19. The number of nitrogens with one attached hydrogen (secondary N) is 1. The van der Waals surface area contributed by atoms with Crippen LogP contribution in [-0.2, 0) is 4.74 Å². The van der Waals surface area contributed by atoms with E-state index in [9.17, 15) is 19.8 Å². The Balaban J connectivity index is 2.69. The molecule has 0 bridgehead atoms. The van der Waals surface area contributed by atoms with Gasteiger partial charge >= 0.3 is 12.1 Å². The highest BCUT2D eigenvalue weighted by atomic mass is 16.6. The van der Waals surface area contributed by atoms with Crippen molar-refractivity contribution in [2.75, 3.05) is 6.54 Å². The first-order valence-electron chi connectivity index (χ1n) is 6.53. The van der Waals surface area contributed by atoms with Gasteiger partial charge in [-0.1, -0.05) is 12.2 Å². The Hall–Kier alpha value is -2.70. The van der Waals surface area contributed by atoms with Gasteiger partial charge in [0.05, 0.1) is 0 Å². The molecular formula is C15H19NO6. The maximum atomic E-state index is 11.4. The van der Waals surface area contributed by atoms with E-state index in [1.807, 2.05) is 0 Å². The van der Waals surface area contributed by atoms with Gasteiger partial charge in [-0.25, -0.2) is 9.59 Å².